The van der Waals surface area contributed by atoms with Gasteiger partial charge in [-0.15, -0.1) is 0 Å². The van der Waals surface area contributed by atoms with E-state index >= 15 is 0 Å². The van der Waals surface area contributed by atoms with E-state index in [1.54, 1.807) is 35.2 Å². The third-order valence-corrected chi connectivity index (χ3v) is 7.75. The van der Waals surface area contributed by atoms with Crippen molar-refractivity contribution < 1.29 is 37.7 Å². The van der Waals surface area contributed by atoms with Crippen molar-refractivity contribution in [3.63, 3.8) is 0 Å². The summed E-state index contributed by atoms with van der Waals surface area (Å²) < 4.78 is 37.4. The van der Waals surface area contributed by atoms with Crippen LogP contribution in [0.25, 0.3) is 0 Å². The minimum atomic E-state index is -0.674. The number of aryl methyl sites for hydroxylation is 1. The predicted octanol–water partition coefficient (Wildman–Crippen LogP) is 3.92. The lowest BCUT2D eigenvalue weighted by Gasteiger charge is -2.39. The Kier molecular flexibility index (Phi) is 9.74. The van der Waals surface area contributed by atoms with Crippen LogP contribution < -0.4 is 29.6 Å². The second-order valence-corrected chi connectivity index (χ2v) is 11.0. The van der Waals surface area contributed by atoms with Crippen LogP contribution in [0.5, 0.6) is 23.0 Å². The lowest BCUT2D eigenvalue weighted by atomic mass is 10.00. The summed E-state index contributed by atoms with van der Waals surface area (Å²) >= 11 is 6.17. The molecule has 2 aliphatic heterocycles. The van der Waals surface area contributed by atoms with E-state index in [0.717, 1.165) is 5.56 Å². The largest absolute Gasteiger partial charge is 0.496 e. The van der Waals surface area contributed by atoms with Gasteiger partial charge in [0.05, 0.1) is 25.8 Å². The van der Waals surface area contributed by atoms with Crippen LogP contribution in [0.2, 0.25) is 5.02 Å². The van der Waals surface area contributed by atoms with E-state index in [4.69, 9.17) is 30.5 Å². The topological polar surface area (TPSA) is 115 Å². The molecule has 0 aliphatic carbocycles. The number of piperidine rings is 1. The fraction of sp³-hybridized carbons (Fsp3) is 0.344. The van der Waals surface area contributed by atoms with Crippen molar-refractivity contribution in [2.45, 2.75) is 38.0 Å². The van der Waals surface area contributed by atoms with Crippen LogP contribution in [0.4, 0.5) is 4.39 Å². The smallest absolute Gasteiger partial charge is 0.258 e. The monoisotopic (exact) mass is 625 g/mol. The zero-order valence-corrected chi connectivity index (χ0v) is 25.1. The fourth-order valence-electron chi connectivity index (χ4n) is 5.31. The molecule has 0 aromatic heterocycles. The van der Waals surface area contributed by atoms with Crippen LogP contribution in [0, 0.1) is 5.82 Å². The molecule has 44 heavy (non-hydrogen) atoms. The number of ether oxygens (including phenoxy) is 4. The Morgan fingerprint density at radius 1 is 0.977 bits per heavy atom. The molecule has 1 saturated heterocycles. The Labute approximate surface area is 259 Å². The molecule has 12 heteroatoms. The van der Waals surface area contributed by atoms with Crippen LogP contribution in [0.15, 0.2) is 54.6 Å². The van der Waals surface area contributed by atoms with Crippen molar-refractivity contribution in [1.29, 1.82) is 0 Å². The standard InChI is InChI=1S/C32H33ClFN3O7/c1-41-26-7-5-21(33)14-24(26)32(40)37-10-9-27-25(17-37)36-31(39)18-43-29-13-19(3-6-28(29)42-2)4-8-30(38)35-16-20-11-22(34)15-23(12-20)44-27/h3,5-7,11-15,25,27H,4,8-10,16-18H2,1-2H3,(H,35,38)(H,36,39)/t25-,27-/m1/s1. The molecule has 1 fully saturated rings. The molecular weight excluding hydrogens is 593 g/mol. The number of hydrogen-bond donors (Lipinski definition) is 2. The maximum absolute atomic E-state index is 14.6. The van der Waals surface area contributed by atoms with Crippen molar-refractivity contribution in [2.75, 3.05) is 33.9 Å². The highest BCUT2D eigenvalue weighted by atomic mass is 35.5. The maximum Gasteiger partial charge on any atom is 0.258 e. The van der Waals surface area contributed by atoms with Crippen molar-refractivity contribution in [3.05, 3.63) is 82.1 Å². The van der Waals surface area contributed by atoms with Crippen molar-refractivity contribution >= 4 is 29.3 Å². The van der Waals surface area contributed by atoms with E-state index in [1.807, 2.05) is 6.07 Å². The Hall–Kier alpha value is -4.51. The van der Waals surface area contributed by atoms with Gasteiger partial charge in [0.15, 0.2) is 18.1 Å². The summed E-state index contributed by atoms with van der Waals surface area (Å²) in [6.07, 6.45) is 0.343. The Balaban J connectivity index is 1.43. The maximum atomic E-state index is 14.6. The highest BCUT2D eigenvalue weighted by Gasteiger charge is 2.35. The molecule has 2 heterocycles. The van der Waals surface area contributed by atoms with Gasteiger partial charge in [0.2, 0.25) is 5.91 Å². The van der Waals surface area contributed by atoms with E-state index in [9.17, 15) is 18.8 Å². The van der Waals surface area contributed by atoms with Gasteiger partial charge in [0, 0.05) is 43.6 Å². The predicted molar refractivity (Wildman–Crippen MR) is 160 cm³/mol. The van der Waals surface area contributed by atoms with Gasteiger partial charge >= 0.3 is 0 Å². The van der Waals surface area contributed by atoms with E-state index in [1.165, 1.54) is 32.4 Å². The molecule has 2 aliphatic rings. The number of hydrogen-bond acceptors (Lipinski definition) is 7. The lowest BCUT2D eigenvalue weighted by Crippen LogP contribution is -2.58. The third kappa shape index (κ3) is 7.52. The van der Waals surface area contributed by atoms with Gasteiger partial charge in [-0.25, -0.2) is 4.39 Å². The normalized spacial score (nSPS) is 19.1. The number of nitrogens with zero attached hydrogens (tertiary/aromatic N) is 1. The Morgan fingerprint density at radius 3 is 2.57 bits per heavy atom. The summed E-state index contributed by atoms with van der Waals surface area (Å²) in [4.78, 5) is 40.9. The number of likely N-dealkylation sites (tertiary alicyclic amines) is 1. The highest BCUT2D eigenvalue weighted by Crippen LogP contribution is 2.30. The molecule has 232 valence electrons. The van der Waals surface area contributed by atoms with Gasteiger partial charge in [0.25, 0.3) is 11.8 Å². The first-order chi connectivity index (χ1) is 21.2. The van der Waals surface area contributed by atoms with Gasteiger partial charge in [-0.1, -0.05) is 17.7 Å². The average Bonchev–Trinajstić information content (AvgIpc) is 3.01. The van der Waals surface area contributed by atoms with Gasteiger partial charge in [-0.05, 0) is 60.0 Å². The molecule has 0 radical (unpaired) electrons. The summed E-state index contributed by atoms with van der Waals surface area (Å²) in [5.74, 6) is -0.0995. The van der Waals surface area contributed by atoms with E-state index in [0.29, 0.717) is 47.2 Å². The van der Waals surface area contributed by atoms with Crippen molar-refractivity contribution in [2.24, 2.45) is 0 Å². The second kappa shape index (κ2) is 13.9. The minimum absolute atomic E-state index is 0.0992. The Bertz CT molecular complexity index is 1550. The first-order valence-corrected chi connectivity index (χ1v) is 14.5. The number of carbonyl (C=O) groups is 3. The third-order valence-electron chi connectivity index (χ3n) is 7.51. The molecule has 0 spiro atoms. The number of carbonyl (C=O) groups excluding carboxylic acids is 3. The number of halogens is 2. The molecule has 0 unspecified atom stereocenters. The molecule has 0 saturated carbocycles. The van der Waals surface area contributed by atoms with Crippen molar-refractivity contribution in [1.82, 2.24) is 15.5 Å². The van der Waals surface area contributed by atoms with E-state index in [2.05, 4.69) is 10.6 Å². The molecule has 3 aromatic rings. The summed E-state index contributed by atoms with van der Waals surface area (Å²) in [5.41, 5.74) is 1.63. The van der Waals surface area contributed by atoms with Gasteiger partial charge in [-0.3, -0.25) is 14.4 Å². The van der Waals surface area contributed by atoms with Crippen molar-refractivity contribution in [3.8, 4) is 23.0 Å². The Morgan fingerprint density at radius 2 is 1.77 bits per heavy atom. The number of benzene rings is 3. The summed E-state index contributed by atoms with van der Waals surface area (Å²) in [6, 6.07) is 13.6. The van der Waals surface area contributed by atoms with E-state index < -0.39 is 23.9 Å². The van der Waals surface area contributed by atoms with Crippen LogP contribution in [-0.2, 0) is 22.6 Å². The molecule has 2 N–H and O–H groups in total. The zero-order chi connectivity index (χ0) is 31.2. The SMILES string of the molecule is COc1ccc2cc1OCC(=O)N[C@@H]1CN(C(=O)c3cc(Cl)ccc3OC)CC[C@H]1Oc1cc(F)cc(c1)CNC(=O)CC2. The molecule has 3 aromatic carbocycles. The minimum Gasteiger partial charge on any atom is -0.496 e. The molecule has 4 bridgehead atoms. The zero-order valence-electron chi connectivity index (χ0n) is 24.4. The molecular formula is C32H33ClFN3O7. The molecule has 3 amide bonds. The van der Waals surface area contributed by atoms with Gasteiger partial charge < -0.3 is 34.5 Å². The van der Waals surface area contributed by atoms with Crippen LogP contribution in [-0.4, -0.2) is 68.7 Å². The average molecular weight is 626 g/mol. The van der Waals surface area contributed by atoms with E-state index in [-0.39, 0.29) is 49.2 Å². The summed E-state index contributed by atoms with van der Waals surface area (Å²) in [7, 11) is 2.96. The fourth-order valence-corrected chi connectivity index (χ4v) is 5.48. The van der Waals surface area contributed by atoms with Crippen LogP contribution in [0.3, 0.4) is 0 Å². The highest BCUT2D eigenvalue weighted by molar-refractivity contribution is 6.31. The number of rotatable bonds is 3. The molecule has 10 nitrogen and oxygen atoms in total. The number of fused-ring (bicyclic) bond motifs is 5. The second-order valence-electron chi connectivity index (χ2n) is 10.6. The van der Waals surface area contributed by atoms with Crippen LogP contribution in [0.1, 0.15) is 34.3 Å². The number of nitrogens with one attached hydrogen (secondary N) is 2. The van der Waals surface area contributed by atoms with Gasteiger partial charge in [0.1, 0.15) is 23.4 Å². The molecule has 2 atom stereocenters. The number of methoxy groups -OCH3 is 2. The lowest BCUT2D eigenvalue weighted by molar-refractivity contribution is -0.125. The quantitative estimate of drug-likeness (QED) is 0.453. The molecule has 5 rings (SSSR count). The summed E-state index contributed by atoms with van der Waals surface area (Å²) in [5, 5.41) is 6.15. The first-order valence-electron chi connectivity index (χ1n) is 14.2. The first kappa shape index (κ1) is 30.9. The van der Waals surface area contributed by atoms with Gasteiger partial charge in [-0.2, -0.15) is 0 Å². The van der Waals surface area contributed by atoms with Crippen LogP contribution >= 0.6 is 11.6 Å². The number of amides is 3. The summed E-state index contributed by atoms with van der Waals surface area (Å²) in [6.45, 7) is 0.161.